The zero-order chi connectivity index (χ0) is 15.3. The summed E-state index contributed by atoms with van der Waals surface area (Å²) in [5.41, 5.74) is 6.40. The first-order valence-corrected chi connectivity index (χ1v) is 7.37. The Morgan fingerprint density at radius 3 is 2.86 bits per heavy atom. The fourth-order valence-electron chi connectivity index (χ4n) is 2.54. The van der Waals surface area contributed by atoms with Crippen molar-refractivity contribution in [1.29, 1.82) is 0 Å². The maximum Gasteiger partial charge on any atom is 0.252 e. The van der Waals surface area contributed by atoms with Gasteiger partial charge in [0.15, 0.2) is 0 Å². The summed E-state index contributed by atoms with van der Waals surface area (Å²) in [5, 5.41) is 2.93. The number of hydrogen-bond acceptors (Lipinski definition) is 2. The lowest BCUT2D eigenvalue weighted by molar-refractivity contribution is 0.0943. The van der Waals surface area contributed by atoms with Gasteiger partial charge < -0.3 is 11.1 Å². The molecule has 0 radical (unpaired) electrons. The second-order valence-electron chi connectivity index (χ2n) is 5.63. The topological polar surface area (TPSA) is 55.1 Å². The van der Waals surface area contributed by atoms with Crippen molar-refractivity contribution in [3.63, 3.8) is 0 Å². The summed E-state index contributed by atoms with van der Waals surface area (Å²) < 4.78 is 13.4. The molecule has 1 fully saturated rings. The van der Waals surface area contributed by atoms with Gasteiger partial charge in [-0.15, -0.1) is 0 Å². The third kappa shape index (κ3) is 4.05. The minimum Gasteiger partial charge on any atom is -0.351 e. The van der Waals surface area contributed by atoms with Gasteiger partial charge in [0.1, 0.15) is 5.82 Å². The molecule has 0 aliphatic heterocycles. The molecular formula is C17H21FN2O. The Kier molecular flexibility index (Phi) is 4.98. The highest BCUT2D eigenvalue weighted by Gasteiger charge is 2.41. The third-order valence-corrected chi connectivity index (χ3v) is 3.91. The third-order valence-electron chi connectivity index (χ3n) is 3.91. The first-order valence-electron chi connectivity index (χ1n) is 7.37. The van der Waals surface area contributed by atoms with Crippen LogP contribution in [-0.4, -0.2) is 19.0 Å². The van der Waals surface area contributed by atoms with Gasteiger partial charge in [-0.05, 0) is 42.9 Å². The molecule has 1 aliphatic rings. The molecular weight excluding hydrogens is 267 g/mol. The Bertz CT molecular complexity index is 582. The molecule has 0 atom stereocenters. The highest BCUT2D eigenvalue weighted by molar-refractivity contribution is 5.96. The summed E-state index contributed by atoms with van der Waals surface area (Å²) in [5.74, 6) is 4.81. The van der Waals surface area contributed by atoms with E-state index in [4.69, 9.17) is 5.73 Å². The number of nitrogens with two attached hydrogens (primary N) is 1. The van der Waals surface area contributed by atoms with Crippen molar-refractivity contribution in [1.82, 2.24) is 5.32 Å². The van der Waals surface area contributed by atoms with E-state index in [9.17, 15) is 9.18 Å². The second kappa shape index (κ2) is 6.73. The quantitative estimate of drug-likeness (QED) is 0.818. The van der Waals surface area contributed by atoms with Crippen LogP contribution < -0.4 is 11.1 Å². The molecule has 0 aromatic heterocycles. The summed E-state index contributed by atoms with van der Waals surface area (Å²) in [4.78, 5) is 12.3. The number of nitrogens with one attached hydrogen (secondary N) is 1. The van der Waals surface area contributed by atoms with Crippen molar-refractivity contribution in [3.05, 3.63) is 35.1 Å². The Morgan fingerprint density at radius 2 is 2.24 bits per heavy atom. The van der Waals surface area contributed by atoms with Crippen molar-refractivity contribution in [2.75, 3.05) is 13.1 Å². The van der Waals surface area contributed by atoms with E-state index < -0.39 is 5.82 Å². The summed E-state index contributed by atoms with van der Waals surface area (Å²) in [7, 11) is 0. The number of rotatable bonds is 5. The molecule has 0 heterocycles. The molecule has 1 aromatic carbocycles. The van der Waals surface area contributed by atoms with Gasteiger partial charge in [-0.25, -0.2) is 4.39 Å². The van der Waals surface area contributed by atoms with E-state index in [-0.39, 0.29) is 23.4 Å². The van der Waals surface area contributed by atoms with E-state index in [1.807, 2.05) is 0 Å². The minimum absolute atomic E-state index is 0.206. The highest BCUT2D eigenvalue weighted by atomic mass is 19.1. The smallest absolute Gasteiger partial charge is 0.252 e. The predicted octanol–water partition coefficient (Wildman–Crippen LogP) is 2.45. The number of hydrogen-bond donors (Lipinski definition) is 2. The molecule has 112 valence electrons. The van der Waals surface area contributed by atoms with Gasteiger partial charge in [-0.3, -0.25) is 4.79 Å². The van der Waals surface area contributed by atoms with E-state index in [0.29, 0.717) is 12.1 Å². The molecule has 0 unspecified atom stereocenters. The molecule has 3 nitrogen and oxygen atoms in total. The standard InChI is InChI=1S/C17H21FN2O/c1-2-7-17(8-9-17)12-20-16(21)15-11-14(18)6-5-13(15)4-3-10-19/h5-6,11H,2,7-10,12,19H2,1H3,(H,20,21). The molecule has 0 spiro atoms. The van der Waals surface area contributed by atoms with Crippen LogP contribution in [0.5, 0.6) is 0 Å². The van der Waals surface area contributed by atoms with Crippen LogP contribution in [0.3, 0.4) is 0 Å². The van der Waals surface area contributed by atoms with Crippen LogP contribution in [0.25, 0.3) is 0 Å². The normalized spacial score (nSPS) is 15.0. The van der Waals surface area contributed by atoms with Crippen LogP contribution in [0.15, 0.2) is 18.2 Å². The zero-order valence-corrected chi connectivity index (χ0v) is 12.3. The van der Waals surface area contributed by atoms with Crippen LogP contribution in [0.2, 0.25) is 0 Å². The summed E-state index contributed by atoms with van der Waals surface area (Å²) in [6.07, 6.45) is 4.55. The van der Waals surface area contributed by atoms with E-state index in [0.717, 1.165) is 25.7 Å². The van der Waals surface area contributed by atoms with Crippen LogP contribution >= 0.6 is 0 Å². The lowest BCUT2D eigenvalue weighted by Crippen LogP contribution is -2.30. The number of halogens is 1. The van der Waals surface area contributed by atoms with Gasteiger partial charge in [0.25, 0.3) is 5.91 Å². The average molecular weight is 288 g/mol. The van der Waals surface area contributed by atoms with Gasteiger partial charge in [-0.1, -0.05) is 25.2 Å². The largest absolute Gasteiger partial charge is 0.351 e. The Labute approximate surface area is 125 Å². The zero-order valence-electron chi connectivity index (χ0n) is 12.3. The van der Waals surface area contributed by atoms with Gasteiger partial charge in [-0.2, -0.15) is 0 Å². The minimum atomic E-state index is -0.437. The molecule has 2 rings (SSSR count). The summed E-state index contributed by atoms with van der Waals surface area (Å²) in [6.45, 7) is 3.01. The Balaban J connectivity index is 2.09. The molecule has 0 saturated heterocycles. The van der Waals surface area contributed by atoms with Crippen molar-refractivity contribution < 1.29 is 9.18 Å². The SMILES string of the molecule is CCCC1(CNC(=O)c2cc(F)ccc2C#CCN)CC1. The average Bonchev–Trinajstić information content (AvgIpc) is 3.24. The van der Waals surface area contributed by atoms with Gasteiger partial charge in [0, 0.05) is 12.1 Å². The lowest BCUT2D eigenvalue weighted by atomic mass is 10.0. The van der Waals surface area contributed by atoms with Crippen LogP contribution in [0.4, 0.5) is 4.39 Å². The first kappa shape index (κ1) is 15.5. The molecule has 3 N–H and O–H groups in total. The molecule has 1 amide bonds. The maximum atomic E-state index is 13.4. The van der Waals surface area contributed by atoms with Crippen molar-refractivity contribution in [2.45, 2.75) is 32.6 Å². The number of carbonyl (C=O) groups excluding carboxylic acids is 1. The Morgan fingerprint density at radius 1 is 1.48 bits per heavy atom. The van der Waals surface area contributed by atoms with Gasteiger partial charge in [0.05, 0.1) is 12.1 Å². The van der Waals surface area contributed by atoms with E-state index >= 15 is 0 Å². The number of benzene rings is 1. The first-order chi connectivity index (χ1) is 10.1. The lowest BCUT2D eigenvalue weighted by Gasteiger charge is -2.15. The predicted molar refractivity (Wildman–Crippen MR) is 81.2 cm³/mol. The van der Waals surface area contributed by atoms with Crippen LogP contribution in [0.1, 0.15) is 48.5 Å². The molecule has 0 bridgehead atoms. The van der Waals surface area contributed by atoms with Crippen LogP contribution in [0, 0.1) is 23.1 Å². The monoisotopic (exact) mass is 288 g/mol. The van der Waals surface area contributed by atoms with Crippen molar-refractivity contribution in [3.8, 4) is 11.8 Å². The fourth-order valence-corrected chi connectivity index (χ4v) is 2.54. The number of amides is 1. The maximum absolute atomic E-state index is 13.4. The Hall–Kier alpha value is -1.86. The van der Waals surface area contributed by atoms with Crippen LogP contribution in [-0.2, 0) is 0 Å². The van der Waals surface area contributed by atoms with E-state index in [1.54, 1.807) is 0 Å². The second-order valence-corrected chi connectivity index (χ2v) is 5.63. The van der Waals surface area contributed by atoms with Gasteiger partial charge >= 0.3 is 0 Å². The summed E-state index contributed by atoms with van der Waals surface area (Å²) in [6, 6.07) is 4.05. The molecule has 21 heavy (non-hydrogen) atoms. The van der Waals surface area contributed by atoms with Crippen molar-refractivity contribution in [2.24, 2.45) is 11.1 Å². The highest BCUT2D eigenvalue weighted by Crippen LogP contribution is 2.48. The fraction of sp³-hybridized carbons (Fsp3) is 0.471. The molecule has 1 aromatic rings. The van der Waals surface area contributed by atoms with Gasteiger partial charge in [0.2, 0.25) is 0 Å². The summed E-state index contributed by atoms with van der Waals surface area (Å²) >= 11 is 0. The molecule has 1 aliphatic carbocycles. The van der Waals surface area contributed by atoms with E-state index in [2.05, 4.69) is 24.1 Å². The number of carbonyl (C=O) groups is 1. The van der Waals surface area contributed by atoms with E-state index in [1.165, 1.54) is 18.2 Å². The molecule has 4 heteroatoms. The van der Waals surface area contributed by atoms with Crippen molar-refractivity contribution >= 4 is 5.91 Å². The molecule has 1 saturated carbocycles.